The van der Waals surface area contributed by atoms with Gasteiger partial charge in [0.25, 0.3) is 5.91 Å². The fourth-order valence-corrected chi connectivity index (χ4v) is 2.40. The van der Waals surface area contributed by atoms with Crippen molar-refractivity contribution in [3.63, 3.8) is 0 Å². The maximum absolute atomic E-state index is 12.4. The van der Waals surface area contributed by atoms with Gasteiger partial charge in [-0.2, -0.15) is 0 Å². The quantitative estimate of drug-likeness (QED) is 0.836. The zero-order valence-electron chi connectivity index (χ0n) is 11.7. The largest absolute Gasteiger partial charge is 0.370 e. The molecule has 0 spiro atoms. The van der Waals surface area contributed by atoms with Gasteiger partial charge in [-0.25, -0.2) is 4.98 Å². The van der Waals surface area contributed by atoms with Crippen molar-refractivity contribution in [3.8, 4) is 0 Å². The molecule has 0 aliphatic carbocycles. The van der Waals surface area contributed by atoms with E-state index in [9.17, 15) is 4.79 Å². The smallest absolute Gasteiger partial charge is 0.255 e. The third-order valence-corrected chi connectivity index (χ3v) is 4.17. The van der Waals surface area contributed by atoms with Gasteiger partial charge in [0.1, 0.15) is 5.82 Å². The molecule has 0 bridgehead atoms. The number of aryl methyl sites for hydroxylation is 1. The van der Waals surface area contributed by atoms with Gasteiger partial charge < -0.3 is 10.6 Å². The van der Waals surface area contributed by atoms with Crippen LogP contribution in [-0.2, 0) is 0 Å². The zero-order valence-corrected chi connectivity index (χ0v) is 14.0. The lowest BCUT2D eigenvalue weighted by Crippen LogP contribution is -2.14. The molecule has 1 aromatic carbocycles. The summed E-state index contributed by atoms with van der Waals surface area (Å²) in [5.41, 5.74) is 1.96. The number of carbonyl (C=O) groups excluding carboxylic acids is 1. The molecular formula is C15H15BrClN3O. The van der Waals surface area contributed by atoms with Crippen molar-refractivity contribution in [3.05, 3.63) is 51.1 Å². The van der Waals surface area contributed by atoms with E-state index in [4.69, 9.17) is 11.6 Å². The highest BCUT2D eigenvalue weighted by Crippen LogP contribution is 2.30. The number of hydrogen-bond donors (Lipinski definition) is 2. The van der Waals surface area contributed by atoms with E-state index in [0.717, 1.165) is 12.2 Å². The van der Waals surface area contributed by atoms with Crippen LogP contribution in [-0.4, -0.2) is 17.4 Å². The normalized spacial score (nSPS) is 10.3. The molecule has 4 nitrogen and oxygen atoms in total. The van der Waals surface area contributed by atoms with Crippen LogP contribution in [0.3, 0.4) is 0 Å². The molecule has 2 aromatic rings. The number of nitrogens with zero attached hydrogens (tertiary/aromatic N) is 1. The van der Waals surface area contributed by atoms with Gasteiger partial charge in [-0.3, -0.25) is 4.79 Å². The number of anilines is 2. The number of halogens is 2. The summed E-state index contributed by atoms with van der Waals surface area (Å²) in [4.78, 5) is 16.7. The summed E-state index contributed by atoms with van der Waals surface area (Å²) in [6.07, 6.45) is 0. The first kappa shape index (κ1) is 15.8. The molecule has 110 valence electrons. The highest BCUT2D eigenvalue weighted by atomic mass is 79.9. The van der Waals surface area contributed by atoms with Gasteiger partial charge in [0.2, 0.25) is 0 Å². The van der Waals surface area contributed by atoms with Crippen molar-refractivity contribution in [1.82, 2.24) is 4.98 Å². The van der Waals surface area contributed by atoms with Crippen LogP contribution in [0.1, 0.15) is 23.0 Å². The molecule has 1 aromatic heterocycles. The lowest BCUT2D eigenvalue weighted by molar-refractivity contribution is 0.102. The van der Waals surface area contributed by atoms with Crippen molar-refractivity contribution < 1.29 is 4.79 Å². The summed E-state index contributed by atoms with van der Waals surface area (Å²) < 4.78 is 0.665. The van der Waals surface area contributed by atoms with Crippen LogP contribution < -0.4 is 10.6 Å². The average Bonchev–Trinajstić information content (AvgIpc) is 2.43. The maximum Gasteiger partial charge on any atom is 0.255 e. The van der Waals surface area contributed by atoms with Crippen LogP contribution in [0, 0.1) is 6.92 Å². The predicted molar refractivity (Wildman–Crippen MR) is 90.2 cm³/mol. The van der Waals surface area contributed by atoms with E-state index in [0.29, 0.717) is 26.6 Å². The first-order valence-corrected chi connectivity index (χ1v) is 7.66. The molecule has 21 heavy (non-hydrogen) atoms. The minimum Gasteiger partial charge on any atom is -0.370 e. The lowest BCUT2D eigenvalue weighted by Gasteiger charge is -2.10. The molecule has 0 unspecified atom stereocenters. The van der Waals surface area contributed by atoms with Crippen LogP contribution in [0.25, 0.3) is 0 Å². The Morgan fingerprint density at radius 2 is 2.14 bits per heavy atom. The molecule has 0 atom stereocenters. The Balaban J connectivity index is 2.26. The molecule has 0 fully saturated rings. The molecule has 1 amide bonds. The number of hydrogen-bond acceptors (Lipinski definition) is 3. The Bertz CT molecular complexity index is 676. The molecule has 0 aliphatic rings. The van der Waals surface area contributed by atoms with Crippen molar-refractivity contribution in [2.24, 2.45) is 0 Å². The Labute approximate surface area is 137 Å². The number of pyridine rings is 1. The second-order valence-corrected chi connectivity index (χ2v) is 5.67. The third kappa shape index (κ3) is 3.95. The topological polar surface area (TPSA) is 54.0 Å². The molecule has 2 rings (SSSR count). The number of nitrogens with one attached hydrogen (secondary N) is 2. The van der Waals surface area contributed by atoms with Crippen LogP contribution in [0.2, 0.25) is 5.02 Å². The standard InChI is InChI=1S/C15H15BrClN3O/c1-3-18-13-8-10(7-9(2)19-13)15(21)20-12-6-4-5-11(17)14(12)16/h4-8H,3H2,1-2H3,(H,18,19)(H,20,21). The van der Waals surface area contributed by atoms with E-state index >= 15 is 0 Å². The van der Waals surface area contributed by atoms with Crippen LogP contribution in [0.4, 0.5) is 11.5 Å². The predicted octanol–water partition coefficient (Wildman–Crippen LogP) is 4.49. The molecule has 6 heteroatoms. The summed E-state index contributed by atoms with van der Waals surface area (Å²) in [7, 11) is 0. The lowest BCUT2D eigenvalue weighted by atomic mass is 10.2. The number of benzene rings is 1. The molecule has 1 heterocycles. The minimum atomic E-state index is -0.206. The van der Waals surface area contributed by atoms with Gasteiger partial charge in [-0.1, -0.05) is 17.7 Å². The van der Waals surface area contributed by atoms with Gasteiger partial charge in [0.05, 0.1) is 15.2 Å². The SMILES string of the molecule is CCNc1cc(C(=O)Nc2cccc(Cl)c2Br)cc(C)n1. The van der Waals surface area contributed by atoms with Gasteiger partial charge in [0, 0.05) is 17.8 Å². The van der Waals surface area contributed by atoms with Crippen LogP contribution in [0.15, 0.2) is 34.8 Å². The van der Waals surface area contributed by atoms with Crippen molar-refractivity contribution >= 4 is 44.9 Å². The molecule has 0 saturated carbocycles. The first-order chi connectivity index (χ1) is 10.0. The van der Waals surface area contributed by atoms with Crippen LogP contribution >= 0.6 is 27.5 Å². The highest BCUT2D eigenvalue weighted by molar-refractivity contribution is 9.10. The van der Waals surface area contributed by atoms with E-state index in [1.807, 2.05) is 13.8 Å². The molecule has 0 aliphatic heterocycles. The van der Waals surface area contributed by atoms with Gasteiger partial charge >= 0.3 is 0 Å². The van der Waals surface area contributed by atoms with E-state index in [1.165, 1.54) is 0 Å². The van der Waals surface area contributed by atoms with Gasteiger partial charge in [0.15, 0.2) is 0 Å². The fraction of sp³-hybridized carbons (Fsp3) is 0.200. The zero-order chi connectivity index (χ0) is 15.4. The number of rotatable bonds is 4. The van der Waals surface area contributed by atoms with E-state index in [2.05, 4.69) is 31.5 Å². The van der Waals surface area contributed by atoms with Crippen LogP contribution in [0.5, 0.6) is 0 Å². The average molecular weight is 369 g/mol. The van der Waals surface area contributed by atoms with Crippen molar-refractivity contribution in [1.29, 1.82) is 0 Å². The molecule has 0 radical (unpaired) electrons. The Morgan fingerprint density at radius 3 is 2.86 bits per heavy atom. The third-order valence-electron chi connectivity index (χ3n) is 2.77. The van der Waals surface area contributed by atoms with Crippen molar-refractivity contribution in [2.75, 3.05) is 17.2 Å². The summed E-state index contributed by atoms with van der Waals surface area (Å²) >= 11 is 9.38. The Morgan fingerprint density at radius 1 is 1.38 bits per heavy atom. The van der Waals surface area contributed by atoms with E-state index in [1.54, 1.807) is 30.3 Å². The van der Waals surface area contributed by atoms with E-state index < -0.39 is 0 Å². The second-order valence-electron chi connectivity index (χ2n) is 4.47. The van der Waals surface area contributed by atoms with Gasteiger partial charge in [-0.15, -0.1) is 0 Å². The fourth-order valence-electron chi connectivity index (χ4n) is 1.87. The number of carbonyl (C=O) groups is 1. The maximum atomic E-state index is 12.4. The minimum absolute atomic E-state index is 0.206. The highest BCUT2D eigenvalue weighted by Gasteiger charge is 2.11. The first-order valence-electron chi connectivity index (χ1n) is 6.49. The Hall–Kier alpha value is -1.59. The van der Waals surface area contributed by atoms with Crippen molar-refractivity contribution in [2.45, 2.75) is 13.8 Å². The summed E-state index contributed by atoms with van der Waals surface area (Å²) in [5.74, 6) is 0.482. The summed E-state index contributed by atoms with van der Waals surface area (Å²) in [6.45, 7) is 4.58. The monoisotopic (exact) mass is 367 g/mol. The molecule has 2 N–H and O–H groups in total. The van der Waals surface area contributed by atoms with Gasteiger partial charge in [-0.05, 0) is 54.0 Å². The number of amides is 1. The summed E-state index contributed by atoms with van der Waals surface area (Å²) in [6, 6.07) is 8.79. The summed E-state index contributed by atoms with van der Waals surface area (Å²) in [5, 5.41) is 6.49. The van der Waals surface area contributed by atoms with E-state index in [-0.39, 0.29) is 5.91 Å². The second kappa shape index (κ2) is 6.91. The molecule has 0 saturated heterocycles. The molecular weight excluding hydrogens is 354 g/mol. The number of aromatic nitrogens is 1. The Kier molecular flexibility index (Phi) is 5.20.